The van der Waals surface area contributed by atoms with Gasteiger partial charge in [-0.25, -0.2) is 0 Å². The number of nitrogens with one attached hydrogen (secondary N) is 1. The second kappa shape index (κ2) is 36.8. The third kappa shape index (κ3) is 36.5. The van der Waals surface area contributed by atoms with Crippen molar-refractivity contribution in [2.45, 2.75) is 213 Å². The number of aliphatic hydroxyl groups is 3. The maximum atomic E-state index is 10.2. The van der Waals surface area contributed by atoms with E-state index in [0.717, 1.165) is 44.8 Å². The molecule has 1 fully saturated rings. The molecule has 0 radical (unpaired) electrons. The number of hydrogen-bond acceptors (Lipinski definition) is 16. The summed E-state index contributed by atoms with van der Waals surface area (Å²) in [6, 6.07) is 1.89. The monoisotopic (exact) mass is 1150 g/mol. The normalized spacial score (nSPS) is 15.8. The zero-order valence-electron chi connectivity index (χ0n) is 50.6. The standard InChI is InChI=1S/C25H59NO7Si3.C19H44O4Si3.C6H15NO3.CH4/c1-24(2,3)34(7,8)32-36(11,33-35(9,10)25(4,5)6)20-12-15-31-22-23(28)21-26-13-16-29-18-19-30-17-14-27;1-18(2,3)24(7,8)22-26(11,23-25(9,10)19(4,5)6)14-12-13-20-15-17-16-21-17;7-1-3-9-5-6-10-4-2-8;/h23,26-28H,12-22H2,1-11H3;17H,12-16H2,1-11H3;8H,1-7H2;1H4. The van der Waals surface area contributed by atoms with E-state index in [-0.39, 0.29) is 40.8 Å². The van der Waals surface area contributed by atoms with Crippen LogP contribution in [-0.2, 0) is 49.6 Å². The molecule has 1 aliphatic rings. The molecule has 1 saturated heterocycles. The molecule has 0 spiro atoms. The van der Waals surface area contributed by atoms with Crippen LogP contribution in [0.15, 0.2) is 0 Å². The van der Waals surface area contributed by atoms with Crippen molar-refractivity contribution in [2.24, 2.45) is 5.73 Å². The highest BCUT2D eigenvalue weighted by Crippen LogP contribution is 2.45. The van der Waals surface area contributed by atoms with Crippen molar-refractivity contribution in [1.29, 1.82) is 0 Å². The lowest BCUT2D eigenvalue weighted by molar-refractivity contribution is 0.0275. The van der Waals surface area contributed by atoms with Crippen LogP contribution in [0.2, 0.25) is 97.7 Å². The smallest absolute Gasteiger partial charge is 0.314 e. The maximum Gasteiger partial charge on any atom is 0.314 e. The fraction of sp³-hybridized carbons (Fsp3) is 1.00. The molecule has 1 heterocycles. The minimum absolute atomic E-state index is 0. The molecule has 2 unspecified atom stereocenters. The molecule has 0 aromatic heterocycles. The molecule has 73 heavy (non-hydrogen) atoms. The van der Waals surface area contributed by atoms with E-state index in [2.05, 4.69) is 154 Å². The summed E-state index contributed by atoms with van der Waals surface area (Å²) in [5.41, 5.74) is 5.16. The number of epoxide rings is 1. The number of rotatable bonds is 37. The van der Waals surface area contributed by atoms with Crippen molar-refractivity contribution < 1.29 is 64.9 Å². The Kier molecular flexibility index (Phi) is 39.3. The molecule has 1 aliphatic heterocycles. The lowest BCUT2D eigenvalue weighted by Crippen LogP contribution is -2.58. The molecule has 0 saturated carbocycles. The summed E-state index contributed by atoms with van der Waals surface area (Å²) in [7, 11) is -12.4. The molecule has 0 aromatic carbocycles. The molecular formula is C51H122N2O14Si6. The summed E-state index contributed by atoms with van der Waals surface area (Å²) >= 11 is 0. The van der Waals surface area contributed by atoms with Gasteiger partial charge in [-0.1, -0.05) is 90.5 Å². The highest BCUT2D eigenvalue weighted by molar-refractivity contribution is 6.91. The van der Waals surface area contributed by atoms with Gasteiger partial charge in [-0.2, -0.15) is 0 Å². The van der Waals surface area contributed by atoms with Crippen LogP contribution in [0.25, 0.3) is 0 Å². The Morgan fingerprint density at radius 2 is 0.836 bits per heavy atom. The average Bonchev–Trinajstić information content (AvgIpc) is 4.04. The van der Waals surface area contributed by atoms with Gasteiger partial charge < -0.3 is 76.0 Å². The zero-order chi connectivity index (χ0) is 56.2. The summed E-state index contributed by atoms with van der Waals surface area (Å²) in [6.07, 6.45) is 1.64. The first-order valence-corrected chi connectivity index (χ1v) is 43.6. The van der Waals surface area contributed by atoms with Crippen LogP contribution in [0.3, 0.4) is 0 Å². The third-order valence-corrected chi connectivity index (χ3v) is 46.3. The van der Waals surface area contributed by atoms with Crippen LogP contribution in [0.5, 0.6) is 0 Å². The molecule has 1 rings (SSSR count). The molecule has 0 aliphatic carbocycles. The summed E-state index contributed by atoms with van der Waals surface area (Å²) in [6.45, 7) is 59.5. The first-order chi connectivity index (χ1) is 32.8. The van der Waals surface area contributed by atoms with Crippen molar-refractivity contribution in [1.82, 2.24) is 5.32 Å². The van der Waals surface area contributed by atoms with Crippen molar-refractivity contribution in [2.75, 3.05) is 119 Å². The Morgan fingerprint density at radius 3 is 1.15 bits per heavy atom. The summed E-state index contributed by atoms with van der Waals surface area (Å²) in [4.78, 5) is 0. The van der Waals surface area contributed by atoms with Crippen LogP contribution >= 0.6 is 0 Å². The Balaban J connectivity index is -0.00000115. The fourth-order valence-electron chi connectivity index (χ4n) is 5.93. The first kappa shape index (κ1) is 77.9. The lowest BCUT2D eigenvalue weighted by Gasteiger charge is -2.48. The third-order valence-electron chi connectivity index (χ3n) is 14.2. The number of aliphatic hydroxyl groups excluding tert-OH is 3. The fourth-order valence-corrected chi connectivity index (χ4v) is 32.4. The first-order valence-electron chi connectivity index (χ1n) is 27.0. The summed E-state index contributed by atoms with van der Waals surface area (Å²) in [5, 5.41) is 30.9. The van der Waals surface area contributed by atoms with Crippen LogP contribution in [-0.4, -0.2) is 197 Å². The quantitative estimate of drug-likeness (QED) is 0.0223. The van der Waals surface area contributed by atoms with Crippen LogP contribution in [0.4, 0.5) is 0 Å². The Hall–Kier alpha value is 0.661. The minimum Gasteiger partial charge on any atom is -0.436 e. The molecule has 0 aromatic rings. The second-order valence-electron chi connectivity index (χ2n) is 25.6. The van der Waals surface area contributed by atoms with E-state index >= 15 is 0 Å². The molecule has 22 heteroatoms. The number of ether oxygens (including phenoxy) is 7. The number of nitrogens with two attached hydrogens (primary N) is 1. The maximum absolute atomic E-state index is 10.2. The van der Waals surface area contributed by atoms with Crippen molar-refractivity contribution in [3.63, 3.8) is 0 Å². The number of hydrogen-bond donors (Lipinski definition) is 5. The summed E-state index contributed by atoms with van der Waals surface area (Å²) < 4.78 is 65.2. The predicted molar refractivity (Wildman–Crippen MR) is 319 cm³/mol. The summed E-state index contributed by atoms with van der Waals surface area (Å²) in [5.74, 6) is 0. The molecule has 2 atom stereocenters. The van der Waals surface area contributed by atoms with Gasteiger partial charge in [0.15, 0.2) is 33.3 Å². The zero-order valence-corrected chi connectivity index (χ0v) is 56.6. The largest absolute Gasteiger partial charge is 0.436 e. The Bertz CT molecular complexity index is 1290. The second-order valence-corrected chi connectivity index (χ2v) is 52.5. The average molecular weight is 1160 g/mol. The molecule has 16 nitrogen and oxygen atoms in total. The SMILES string of the molecule is C.CC(C)(C)[Si](C)(C)O[Si](C)(CCCOCC(O)CNCCOCCOCCO)O[Si](C)(C)C(C)(C)C.CC(C)(C)[Si](C)(C)O[Si](C)(CCCOCC1CO1)O[Si](C)(C)C(C)(C)C.NCCOCCOCCO. The Morgan fingerprint density at radius 1 is 0.507 bits per heavy atom. The van der Waals surface area contributed by atoms with E-state index in [0.29, 0.717) is 91.8 Å². The van der Waals surface area contributed by atoms with Crippen LogP contribution in [0.1, 0.15) is 103 Å². The van der Waals surface area contributed by atoms with Gasteiger partial charge in [0.05, 0.1) is 92.0 Å². The van der Waals surface area contributed by atoms with E-state index < -0.39 is 56.5 Å². The van der Waals surface area contributed by atoms with Gasteiger partial charge in [-0.3, -0.25) is 0 Å². The molecule has 0 bridgehead atoms. The van der Waals surface area contributed by atoms with Gasteiger partial charge in [0.25, 0.3) is 0 Å². The molecular weight excluding hydrogens is 1030 g/mol. The minimum atomic E-state index is -2.43. The predicted octanol–water partition coefficient (Wildman–Crippen LogP) is 10.00. The van der Waals surface area contributed by atoms with E-state index in [9.17, 15) is 5.11 Å². The van der Waals surface area contributed by atoms with E-state index in [1.54, 1.807) is 0 Å². The van der Waals surface area contributed by atoms with Gasteiger partial charge in [-0.15, -0.1) is 0 Å². The highest BCUT2D eigenvalue weighted by Gasteiger charge is 2.51. The van der Waals surface area contributed by atoms with Gasteiger partial charge in [-0.05, 0) is 111 Å². The van der Waals surface area contributed by atoms with Crippen LogP contribution in [0, 0.1) is 0 Å². The van der Waals surface area contributed by atoms with Gasteiger partial charge in [0.2, 0.25) is 0 Å². The Labute approximate surface area is 456 Å². The van der Waals surface area contributed by atoms with Crippen molar-refractivity contribution >= 4 is 50.4 Å². The van der Waals surface area contributed by atoms with Gasteiger partial charge in [0.1, 0.15) is 6.10 Å². The lowest BCUT2D eigenvalue weighted by atomic mass is 10.2. The highest BCUT2D eigenvalue weighted by atomic mass is 28.5. The van der Waals surface area contributed by atoms with Crippen molar-refractivity contribution in [3.05, 3.63) is 0 Å². The van der Waals surface area contributed by atoms with Crippen LogP contribution < -0.4 is 11.1 Å². The van der Waals surface area contributed by atoms with E-state index in [4.69, 9.17) is 65.6 Å². The van der Waals surface area contributed by atoms with Gasteiger partial charge >= 0.3 is 17.1 Å². The molecule has 6 N–H and O–H groups in total. The van der Waals surface area contributed by atoms with E-state index in [1.807, 2.05) is 0 Å². The van der Waals surface area contributed by atoms with Gasteiger partial charge in [0, 0.05) is 32.8 Å². The molecule has 0 amide bonds. The molecule has 444 valence electrons. The van der Waals surface area contributed by atoms with Crippen molar-refractivity contribution in [3.8, 4) is 0 Å². The topological polar surface area (TPSA) is 204 Å². The van der Waals surface area contributed by atoms with E-state index in [1.165, 1.54) is 0 Å².